The second-order valence-corrected chi connectivity index (χ2v) is 4.35. The van der Waals surface area contributed by atoms with E-state index in [2.05, 4.69) is 5.16 Å². The Kier molecular flexibility index (Phi) is 2.61. The minimum absolute atomic E-state index is 0.613. The van der Waals surface area contributed by atoms with Crippen LogP contribution in [0.15, 0.2) is 47.0 Å². The highest BCUT2D eigenvalue weighted by molar-refractivity contribution is 6.31. The predicted molar refractivity (Wildman–Crippen MR) is 69.8 cm³/mol. The van der Waals surface area contributed by atoms with Gasteiger partial charge in [0.15, 0.2) is 5.58 Å². The van der Waals surface area contributed by atoms with Crippen molar-refractivity contribution in [2.45, 2.75) is 0 Å². The zero-order chi connectivity index (χ0) is 12.5. The average molecular weight is 258 g/mol. The first-order chi connectivity index (χ1) is 8.78. The van der Waals surface area contributed by atoms with Gasteiger partial charge in [-0.05, 0) is 12.1 Å². The molecule has 18 heavy (non-hydrogen) atoms. The van der Waals surface area contributed by atoms with Gasteiger partial charge < -0.3 is 4.52 Å². The second-order valence-electron chi connectivity index (χ2n) is 3.91. The molecule has 0 aliphatic heterocycles. The van der Waals surface area contributed by atoms with E-state index in [1.807, 2.05) is 18.2 Å². The van der Waals surface area contributed by atoms with Gasteiger partial charge in [0.1, 0.15) is 12.0 Å². The molecule has 1 aromatic heterocycles. The van der Waals surface area contributed by atoms with Gasteiger partial charge in [0.2, 0.25) is 0 Å². The molecule has 3 aromatic rings. The maximum Gasteiger partial charge on any atom is 0.169 e. The first kappa shape index (κ1) is 11.0. The minimum atomic E-state index is 0.613. The maximum absolute atomic E-state index is 10.6. The number of aromatic nitrogens is 1. The zero-order valence-electron chi connectivity index (χ0n) is 9.26. The van der Waals surface area contributed by atoms with Crippen molar-refractivity contribution in [2.24, 2.45) is 0 Å². The van der Waals surface area contributed by atoms with E-state index in [1.165, 1.54) is 0 Å². The summed E-state index contributed by atoms with van der Waals surface area (Å²) in [5.41, 5.74) is 2.94. The molecular formula is C14H8ClNO2. The van der Waals surface area contributed by atoms with E-state index < -0.39 is 0 Å². The van der Waals surface area contributed by atoms with Crippen LogP contribution in [0.4, 0.5) is 0 Å². The summed E-state index contributed by atoms with van der Waals surface area (Å²) in [6.07, 6.45) is 0.810. The number of carbonyl (C=O) groups is 1. The summed E-state index contributed by atoms with van der Waals surface area (Å²) in [7, 11) is 0. The molecule has 0 atom stereocenters. The number of aldehydes is 1. The van der Waals surface area contributed by atoms with Crippen molar-refractivity contribution >= 4 is 28.9 Å². The molecule has 3 rings (SSSR count). The third-order valence-corrected chi connectivity index (χ3v) is 2.99. The molecule has 0 saturated carbocycles. The van der Waals surface area contributed by atoms with Gasteiger partial charge in [0.05, 0.1) is 0 Å². The number of hydrogen-bond donors (Lipinski definition) is 0. The highest BCUT2D eigenvalue weighted by Crippen LogP contribution is 2.29. The van der Waals surface area contributed by atoms with E-state index in [4.69, 9.17) is 16.1 Å². The van der Waals surface area contributed by atoms with Gasteiger partial charge in [0.25, 0.3) is 0 Å². The van der Waals surface area contributed by atoms with Crippen LogP contribution in [0.25, 0.3) is 22.2 Å². The van der Waals surface area contributed by atoms with Crippen molar-refractivity contribution in [2.75, 3.05) is 0 Å². The van der Waals surface area contributed by atoms with Gasteiger partial charge in [-0.25, -0.2) is 0 Å². The number of carbonyl (C=O) groups excluding carboxylic acids is 1. The van der Waals surface area contributed by atoms with Crippen LogP contribution in [-0.4, -0.2) is 11.4 Å². The number of rotatable bonds is 2. The van der Waals surface area contributed by atoms with Crippen molar-refractivity contribution in [1.29, 1.82) is 0 Å². The lowest BCUT2D eigenvalue weighted by molar-refractivity contribution is 0.112. The van der Waals surface area contributed by atoms with Crippen molar-refractivity contribution < 1.29 is 9.32 Å². The van der Waals surface area contributed by atoms with Crippen LogP contribution in [-0.2, 0) is 0 Å². The van der Waals surface area contributed by atoms with E-state index in [0.29, 0.717) is 16.2 Å². The topological polar surface area (TPSA) is 43.1 Å². The van der Waals surface area contributed by atoms with Gasteiger partial charge in [-0.15, -0.1) is 0 Å². The van der Waals surface area contributed by atoms with Crippen LogP contribution >= 0.6 is 11.6 Å². The van der Waals surface area contributed by atoms with Crippen LogP contribution in [0, 0.1) is 0 Å². The average Bonchev–Trinajstić information content (AvgIpc) is 2.81. The summed E-state index contributed by atoms with van der Waals surface area (Å²) in [6, 6.07) is 12.6. The quantitative estimate of drug-likeness (QED) is 0.653. The van der Waals surface area contributed by atoms with Crippen LogP contribution in [0.3, 0.4) is 0 Å². The Morgan fingerprint density at radius 2 is 1.89 bits per heavy atom. The maximum atomic E-state index is 10.6. The SMILES string of the molecule is O=Cc1ccc(-c2noc3cc(Cl)ccc23)cc1. The molecule has 1 heterocycles. The van der Waals surface area contributed by atoms with Gasteiger partial charge in [-0.3, -0.25) is 4.79 Å². The lowest BCUT2D eigenvalue weighted by atomic mass is 10.1. The van der Waals surface area contributed by atoms with Crippen molar-refractivity contribution in [3.8, 4) is 11.3 Å². The smallest absolute Gasteiger partial charge is 0.169 e. The molecule has 0 spiro atoms. The molecule has 0 aliphatic carbocycles. The van der Waals surface area contributed by atoms with E-state index in [9.17, 15) is 4.79 Å². The molecule has 2 aromatic carbocycles. The zero-order valence-corrected chi connectivity index (χ0v) is 10.0. The summed E-state index contributed by atoms with van der Waals surface area (Å²) in [6.45, 7) is 0. The van der Waals surface area contributed by atoms with Gasteiger partial charge in [-0.1, -0.05) is 41.0 Å². The minimum Gasteiger partial charge on any atom is -0.356 e. The van der Waals surface area contributed by atoms with Gasteiger partial charge >= 0.3 is 0 Å². The highest BCUT2D eigenvalue weighted by atomic mass is 35.5. The van der Waals surface area contributed by atoms with E-state index in [0.717, 1.165) is 22.9 Å². The Labute approximate surface area is 108 Å². The molecule has 0 bridgehead atoms. The van der Waals surface area contributed by atoms with Crippen molar-refractivity contribution in [3.63, 3.8) is 0 Å². The van der Waals surface area contributed by atoms with Crippen molar-refractivity contribution in [3.05, 3.63) is 53.1 Å². The molecule has 0 fully saturated rings. The van der Waals surface area contributed by atoms with E-state index in [-0.39, 0.29) is 0 Å². The highest BCUT2D eigenvalue weighted by Gasteiger charge is 2.10. The van der Waals surface area contributed by atoms with Crippen molar-refractivity contribution in [1.82, 2.24) is 5.16 Å². The lowest BCUT2D eigenvalue weighted by Crippen LogP contribution is -1.81. The molecular weight excluding hydrogens is 250 g/mol. The third-order valence-electron chi connectivity index (χ3n) is 2.75. The molecule has 0 aliphatic rings. The van der Waals surface area contributed by atoms with Crippen LogP contribution in [0.2, 0.25) is 5.02 Å². The summed E-state index contributed by atoms with van der Waals surface area (Å²) in [5.74, 6) is 0. The fourth-order valence-corrected chi connectivity index (χ4v) is 2.00. The summed E-state index contributed by atoms with van der Waals surface area (Å²) < 4.78 is 5.24. The normalized spacial score (nSPS) is 10.7. The fraction of sp³-hybridized carbons (Fsp3) is 0. The number of nitrogens with zero attached hydrogens (tertiary/aromatic N) is 1. The molecule has 0 N–H and O–H groups in total. The standard InChI is InChI=1S/C14H8ClNO2/c15-11-5-6-12-13(7-11)18-16-14(12)10-3-1-9(8-17)2-4-10/h1-8H. The molecule has 3 nitrogen and oxygen atoms in total. The molecule has 88 valence electrons. The first-order valence-electron chi connectivity index (χ1n) is 5.38. The number of benzene rings is 2. The molecule has 0 unspecified atom stereocenters. The second kappa shape index (κ2) is 4.27. The Morgan fingerprint density at radius 1 is 1.11 bits per heavy atom. The Bertz CT molecular complexity index is 716. The Hall–Kier alpha value is -2.13. The first-order valence-corrected chi connectivity index (χ1v) is 5.76. The summed E-state index contributed by atoms with van der Waals surface area (Å²) >= 11 is 5.89. The summed E-state index contributed by atoms with van der Waals surface area (Å²) in [4.78, 5) is 10.6. The Balaban J connectivity index is 2.15. The van der Waals surface area contributed by atoms with Crippen LogP contribution < -0.4 is 0 Å². The van der Waals surface area contributed by atoms with Gasteiger partial charge in [0, 0.05) is 27.6 Å². The van der Waals surface area contributed by atoms with Crippen LogP contribution in [0.5, 0.6) is 0 Å². The lowest BCUT2D eigenvalue weighted by Gasteiger charge is -1.97. The largest absolute Gasteiger partial charge is 0.356 e. The van der Waals surface area contributed by atoms with E-state index in [1.54, 1.807) is 24.3 Å². The van der Waals surface area contributed by atoms with Crippen LogP contribution in [0.1, 0.15) is 10.4 Å². The molecule has 0 radical (unpaired) electrons. The molecule has 0 saturated heterocycles. The number of fused-ring (bicyclic) bond motifs is 1. The molecule has 0 amide bonds. The monoisotopic (exact) mass is 257 g/mol. The summed E-state index contributed by atoms with van der Waals surface area (Å²) in [5, 5.41) is 5.55. The number of hydrogen-bond acceptors (Lipinski definition) is 3. The third kappa shape index (κ3) is 1.79. The Morgan fingerprint density at radius 3 is 2.61 bits per heavy atom. The predicted octanol–water partition coefficient (Wildman–Crippen LogP) is 3.96. The fourth-order valence-electron chi connectivity index (χ4n) is 1.84. The molecule has 4 heteroatoms. The van der Waals surface area contributed by atoms with Gasteiger partial charge in [-0.2, -0.15) is 0 Å². The number of halogens is 1. The van der Waals surface area contributed by atoms with E-state index >= 15 is 0 Å².